The van der Waals surface area contributed by atoms with E-state index >= 15 is 0 Å². The van der Waals surface area contributed by atoms with E-state index in [1.807, 2.05) is 13.8 Å². The van der Waals surface area contributed by atoms with Crippen LogP contribution in [0.25, 0.3) is 0 Å². The van der Waals surface area contributed by atoms with Crippen molar-refractivity contribution in [2.45, 2.75) is 34.9 Å². The van der Waals surface area contributed by atoms with E-state index < -0.39 is 7.74 Å². The zero-order valence-electron chi connectivity index (χ0n) is 11.2. The first kappa shape index (κ1) is 16.9. The molecule has 1 N–H and O–H groups in total. The molecule has 0 aromatic carbocycles. The minimum absolute atomic E-state index is 0.342. The fourth-order valence-corrected chi connectivity index (χ4v) is 3.13. The number of likely N-dealkylation sites (tertiary alicyclic amines) is 1. The Hall–Kier alpha value is 0.870. The highest BCUT2D eigenvalue weighted by Crippen LogP contribution is 2.39. The third-order valence-electron chi connectivity index (χ3n) is 3.72. The Morgan fingerprint density at radius 1 is 1.33 bits per heavy atom. The number of nitrogens with one attached hydrogen (secondary N) is 1. The maximum absolute atomic E-state index is 11.9. The van der Waals surface area contributed by atoms with E-state index in [4.69, 9.17) is 4.74 Å². The van der Waals surface area contributed by atoms with Crippen LogP contribution in [0.1, 0.15) is 27.2 Å². The highest BCUT2D eigenvalue weighted by atomic mass is 80.0. The van der Waals surface area contributed by atoms with Gasteiger partial charge in [0.05, 0.1) is 20.1 Å². The zero-order valence-corrected chi connectivity index (χ0v) is 16.0. The van der Waals surface area contributed by atoms with Crippen molar-refractivity contribution < 1.29 is 14.4 Å². The van der Waals surface area contributed by atoms with Crippen molar-refractivity contribution in [2.75, 3.05) is 20.1 Å². The average Bonchev–Trinajstić information content (AvgIpc) is 2.14. The van der Waals surface area contributed by atoms with Crippen LogP contribution in [-0.4, -0.2) is 33.9 Å². The van der Waals surface area contributed by atoms with E-state index in [2.05, 4.69) is 61.8 Å². The van der Waals surface area contributed by atoms with Gasteiger partial charge >= 0.3 is 5.97 Å². The summed E-state index contributed by atoms with van der Waals surface area (Å²) >= 11 is 9.60. The number of alkyl halides is 3. The van der Waals surface area contributed by atoms with Gasteiger partial charge in [-0.1, -0.05) is 6.92 Å². The molecule has 106 valence electrons. The molecule has 0 aromatic rings. The summed E-state index contributed by atoms with van der Waals surface area (Å²) in [7, 11) is 2.21. The van der Waals surface area contributed by atoms with Gasteiger partial charge in [-0.25, -0.2) is 4.79 Å². The number of quaternary nitrogens is 1. The molecule has 0 radical (unpaired) electrons. The molecule has 0 aliphatic carbocycles. The van der Waals surface area contributed by atoms with Crippen molar-refractivity contribution in [1.29, 1.82) is 0 Å². The second-order valence-electron chi connectivity index (χ2n) is 5.77. The Labute approximate surface area is 134 Å². The van der Waals surface area contributed by atoms with E-state index in [0.717, 1.165) is 19.5 Å². The maximum Gasteiger partial charge on any atom is 0.345 e. The summed E-state index contributed by atoms with van der Waals surface area (Å²) in [4.78, 5) is 13.5. The van der Waals surface area contributed by atoms with Crippen molar-refractivity contribution in [1.82, 2.24) is 0 Å². The molecule has 0 aromatic heterocycles. The number of hydrogen-bond donors (Lipinski definition) is 1. The largest absolute Gasteiger partial charge is 0.457 e. The number of piperidine rings is 1. The average molecular weight is 451 g/mol. The SMILES string of the molecule is CC1C[NH+](C)CCC1C(C)(C)OC(=O)C(Br)(Br)Br. The molecular weight excluding hydrogens is 430 g/mol. The number of esters is 1. The highest BCUT2D eigenvalue weighted by molar-refractivity contribution is 9.40. The van der Waals surface area contributed by atoms with Crippen LogP contribution in [0.3, 0.4) is 0 Å². The van der Waals surface area contributed by atoms with Crippen molar-refractivity contribution in [3.05, 3.63) is 0 Å². The first-order valence-corrected chi connectivity index (χ1v) is 8.53. The van der Waals surface area contributed by atoms with Gasteiger partial charge in [-0.2, -0.15) is 0 Å². The Morgan fingerprint density at radius 2 is 1.89 bits per heavy atom. The van der Waals surface area contributed by atoms with Crippen LogP contribution in [0.15, 0.2) is 0 Å². The van der Waals surface area contributed by atoms with Gasteiger partial charge in [0.15, 0.2) is 0 Å². The van der Waals surface area contributed by atoms with Crippen molar-refractivity contribution in [3.63, 3.8) is 0 Å². The molecule has 1 heterocycles. The molecule has 1 aliphatic rings. The number of ether oxygens (including phenoxy) is 1. The number of hydrogen-bond acceptors (Lipinski definition) is 2. The molecule has 3 atom stereocenters. The predicted octanol–water partition coefficient (Wildman–Crippen LogP) is 2.32. The molecule has 3 nitrogen and oxygen atoms in total. The Balaban J connectivity index is 2.71. The summed E-state index contributed by atoms with van der Waals surface area (Å²) in [6, 6.07) is 0. The summed E-state index contributed by atoms with van der Waals surface area (Å²) < 4.78 is 4.68. The molecule has 6 heteroatoms. The molecule has 3 unspecified atom stereocenters. The fourth-order valence-electron chi connectivity index (χ4n) is 2.89. The lowest BCUT2D eigenvalue weighted by Gasteiger charge is -2.42. The molecule has 0 spiro atoms. The van der Waals surface area contributed by atoms with Gasteiger partial charge < -0.3 is 9.64 Å². The van der Waals surface area contributed by atoms with Crippen molar-refractivity contribution in [2.24, 2.45) is 11.8 Å². The zero-order chi connectivity index (χ0) is 14.1. The smallest absolute Gasteiger partial charge is 0.345 e. The molecule has 1 fully saturated rings. The molecule has 1 rings (SSSR count). The summed E-state index contributed by atoms with van der Waals surface area (Å²) in [5.74, 6) is 0.614. The first-order valence-electron chi connectivity index (χ1n) is 6.15. The second-order valence-corrected chi connectivity index (χ2v) is 12.5. The Bertz CT molecular complexity index is 315. The summed E-state index contributed by atoms with van der Waals surface area (Å²) in [6.45, 7) is 8.52. The lowest BCUT2D eigenvalue weighted by molar-refractivity contribution is -0.890. The van der Waals surface area contributed by atoms with Crippen LogP contribution in [0.2, 0.25) is 0 Å². The quantitative estimate of drug-likeness (QED) is 0.517. The van der Waals surface area contributed by atoms with Gasteiger partial charge in [-0.15, -0.1) is 0 Å². The monoisotopic (exact) mass is 448 g/mol. The summed E-state index contributed by atoms with van der Waals surface area (Å²) in [6.07, 6.45) is 1.09. The number of carbonyl (C=O) groups excluding carboxylic acids is 1. The van der Waals surface area contributed by atoms with Crippen LogP contribution in [0, 0.1) is 11.8 Å². The Kier molecular flexibility index (Phi) is 5.74. The Morgan fingerprint density at radius 3 is 2.33 bits per heavy atom. The number of rotatable bonds is 2. The lowest BCUT2D eigenvalue weighted by atomic mass is 9.76. The van der Waals surface area contributed by atoms with Gasteiger partial charge in [-0.05, 0) is 61.6 Å². The summed E-state index contributed by atoms with van der Waals surface area (Å²) in [5.41, 5.74) is -0.447. The molecule has 0 amide bonds. The van der Waals surface area contributed by atoms with Crippen molar-refractivity contribution >= 4 is 53.8 Å². The van der Waals surface area contributed by atoms with E-state index in [0.29, 0.717) is 11.8 Å². The van der Waals surface area contributed by atoms with Crippen LogP contribution >= 0.6 is 47.8 Å². The van der Waals surface area contributed by atoms with Gasteiger partial charge in [0.1, 0.15) is 5.60 Å². The molecule has 0 bridgehead atoms. The number of halogens is 3. The normalized spacial score (nSPS) is 30.1. The summed E-state index contributed by atoms with van der Waals surface area (Å²) in [5, 5.41) is 0. The minimum Gasteiger partial charge on any atom is -0.457 e. The predicted molar refractivity (Wildman–Crippen MR) is 83.6 cm³/mol. The minimum atomic E-state index is -0.982. The third-order valence-corrected chi connectivity index (χ3v) is 4.69. The maximum atomic E-state index is 11.9. The van der Waals surface area contributed by atoms with Crippen LogP contribution < -0.4 is 4.90 Å². The van der Waals surface area contributed by atoms with Gasteiger partial charge in [-0.3, -0.25) is 0 Å². The van der Waals surface area contributed by atoms with E-state index in [1.54, 1.807) is 4.90 Å². The standard InChI is InChI=1S/C12H20Br3NO2/c1-8-7-16(4)6-5-9(8)11(2,3)18-10(17)12(13,14)15/h8-9H,5-7H2,1-4H3/p+1. The van der Waals surface area contributed by atoms with Crippen LogP contribution in [0.4, 0.5) is 0 Å². The molecule has 1 aliphatic heterocycles. The van der Waals surface area contributed by atoms with E-state index in [-0.39, 0.29) is 5.97 Å². The van der Waals surface area contributed by atoms with E-state index in [9.17, 15) is 4.79 Å². The van der Waals surface area contributed by atoms with Crippen molar-refractivity contribution in [3.8, 4) is 0 Å². The van der Waals surface area contributed by atoms with Crippen LogP contribution in [0.5, 0.6) is 0 Å². The molecule has 0 saturated carbocycles. The van der Waals surface area contributed by atoms with Gasteiger partial charge in [0.25, 0.3) is 0 Å². The third kappa shape index (κ3) is 4.46. The molecule has 1 saturated heterocycles. The topological polar surface area (TPSA) is 30.7 Å². The first-order chi connectivity index (χ1) is 8.04. The van der Waals surface area contributed by atoms with Crippen LogP contribution in [-0.2, 0) is 9.53 Å². The highest BCUT2D eigenvalue weighted by Gasteiger charge is 2.43. The van der Waals surface area contributed by atoms with Gasteiger partial charge in [0, 0.05) is 18.3 Å². The molecule has 18 heavy (non-hydrogen) atoms. The molecular formula is C12H21Br3NO2+. The van der Waals surface area contributed by atoms with Gasteiger partial charge in [0.2, 0.25) is 2.14 Å². The fraction of sp³-hybridized carbons (Fsp3) is 0.917. The second kappa shape index (κ2) is 6.10. The van der Waals surface area contributed by atoms with E-state index in [1.165, 1.54) is 0 Å². The lowest BCUT2D eigenvalue weighted by Crippen LogP contribution is -3.11. The number of carbonyl (C=O) groups is 1.